The summed E-state index contributed by atoms with van der Waals surface area (Å²) in [4.78, 5) is 0. The molecule has 1 aliphatic rings. The lowest BCUT2D eigenvalue weighted by Gasteiger charge is -2.09. The number of rotatable bonds is 1. The van der Waals surface area contributed by atoms with Gasteiger partial charge in [0, 0.05) is 17.0 Å². The molecule has 0 saturated heterocycles. The van der Waals surface area contributed by atoms with Crippen molar-refractivity contribution in [2.75, 3.05) is 6.61 Å². The topological polar surface area (TPSA) is 29.5 Å². The Morgan fingerprint density at radius 2 is 2.31 bits per heavy atom. The highest BCUT2D eigenvalue weighted by Crippen LogP contribution is 2.38. The van der Waals surface area contributed by atoms with Gasteiger partial charge in [-0.25, -0.2) is 0 Å². The van der Waals surface area contributed by atoms with Gasteiger partial charge in [-0.05, 0) is 6.92 Å². The van der Waals surface area contributed by atoms with Crippen molar-refractivity contribution in [2.24, 2.45) is 0 Å². The van der Waals surface area contributed by atoms with Crippen LogP contribution in [0.15, 0.2) is 18.2 Å². The van der Waals surface area contributed by atoms with Crippen LogP contribution in [-0.2, 0) is 0 Å². The second-order valence-electron chi connectivity index (χ2n) is 3.65. The molecule has 0 amide bonds. The van der Waals surface area contributed by atoms with Gasteiger partial charge in [-0.2, -0.15) is 0 Å². The number of hydrogen-bond donors (Lipinski definition) is 1. The highest BCUT2D eigenvalue weighted by atomic mass is 16.5. The largest absolute Gasteiger partial charge is 0.492 e. The number of benzene rings is 1. The van der Waals surface area contributed by atoms with E-state index in [9.17, 15) is 5.11 Å². The standard InChI is InChI=1S/C11H14O2/c1-7-6-13-11-9(7)4-3-5-10(11)8(2)12/h3-5,7-8,12H,6H2,1-2H3. The Hall–Kier alpha value is -1.02. The number of hydrogen-bond acceptors (Lipinski definition) is 2. The Labute approximate surface area is 78.2 Å². The van der Waals surface area contributed by atoms with E-state index < -0.39 is 6.10 Å². The molecule has 2 atom stereocenters. The molecule has 2 rings (SSSR count). The van der Waals surface area contributed by atoms with Crippen LogP contribution in [0.1, 0.15) is 37.0 Å². The van der Waals surface area contributed by atoms with E-state index in [2.05, 4.69) is 13.0 Å². The van der Waals surface area contributed by atoms with Crippen LogP contribution in [0.2, 0.25) is 0 Å². The minimum absolute atomic E-state index is 0.444. The molecule has 0 aliphatic carbocycles. The zero-order valence-electron chi connectivity index (χ0n) is 7.95. The number of aliphatic hydroxyl groups excluding tert-OH is 1. The Bertz CT molecular complexity index is 318. The Kier molecular flexibility index (Phi) is 2.00. The van der Waals surface area contributed by atoms with Gasteiger partial charge in [0.25, 0.3) is 0 Å². The lowest BCUT2D eigenvalue weighted by atomic mass is 9.99. The number of para-hydroxylation sites is 1. The molecule has 2 heteroatoms. The summed E-state index contributed by atoms with van der Waals surface area (Å²) in [5.74, 6) is 1.35. The third-order valence-corrected chi connectivity index (χ3v) is 2.53. The number of aliphatic hydroxyl groups is 1. The van der Waals surface area contributed by atoms with Crippen LogP contribution in [0.25, 0.3) is 0 Å². The normalized spacial score (nSPS) is 22.2. The molecule has 0 spiro atoms. The van der Waals surface area contributed by atoms with Crippen molar-refractivity contribution in [3.05, 3.63) is 29.3 Å². The van der Waals surface area contributed by atoms with Crippen molar-refractivity contribution in [3.8, 4) is 5.75 Å². The minimum Gasteiger partial charge on any atom is -0.492 e. The first-order valence-corrected chi connectivity index (χ1v) is 4.64. The molecule has 0 saturated carbocycles. The van der Waals surface area contributed by atoms with Gasteiger partial charge in [0.15, 0.2) is 0 Å². The second-order valence-corrected chi connectivity index (χ2v) is 3.65. The van der Waals surface area contributed by atoms with Gasteiger partial charge in [-0.15, -0.1) is 0 Å². The van der Waals surface area contributed by atoms with Crippen molar-refractivity contribution in [1.29, 1.82) is 0 Å². The van der Waals surface area contributed by atoms with Crippen molar-refractivity contribution < 1.29 is 9.84 Å². The van der Waals surface area contributed by atoms with Crippen LogP contribution in [0.4, 0.5) is 0 Å². The van der Waals surface area contributed by atoms with Gasteiger partial charge >= 0.3 is 0 Å². The summed E-state index contributed by atoms with van der Waals surface area (Å²) >= 11 is 0. The molecule has 1 aromatic rings. The molecule has 0 radical (unpaired) electrons. The van der Waals surface area contributed by atoms with Gasteiger partial charge in [0.2, 0.25) is 0 Å². The molecule has 2 unspecified atom stereocenters. The summed E-state index contributed by atoms with van der Waals surface area (Å²) in [6.07, 6.45) is -0.444. The lowest BCUT2D eigenvalue weighted by Crippen LogP contribution is -1.95. The molecule has 1 aromatic carbocycles. The summed E-state index contributed by atoms with van der Waals surface area (Å²) in [6.45, 7) is 4.64. The van der Waals surface area contributed by atoms with Crippen LogP contribution < -0.4 is 4.74 Å². The van der Waals surface area contributed by atoms with E-state index in [4.69, 9.17) is 4.74 Å². The molecule has 70 valence electrons. The molecule has 13 heavy (non-hydrogen) atoms. The van der Waals surface area contributed by atoms with E-state index in [1.807, 2.05) is 12.1 Å². The predicted octanol–water partition coefficient (Wildman–Crippen LogP) is 2.24. The summed E-state index contributed by atoms with van der Waals surface area (Å²) in [6, 6.07) is 5.96. The van der Waals surface area contributed by atoms with E-state index in [1.54, 1.807) is 6.92 Å². The fourth-order valence-corrected chi connectivity index (χ4v) is 1.76. The van der Waals surface area contributed by atoms with E-state index in [0.29, 0.717) is 5.92 Å². The van der Waals surface area contributed by atoms with Crippen LogP contribution in [0, 0.1) is 0 Å². The fraction of sp³-hybridized carbons (Fsp3) is 0.455. The maximum atomic E-state index is 9.49. The summed E-state index contributed by atoms with van der Waals surface area (Å²) in [7, 11) is 0. The van der Waals surface area contributed by atoms with Crippen molar-refractivity contribution >= 4 is 0 Å². The van der Waals surface area contributed by atoms with E-state index in [0.717, 1.165) is 17.9 Å². The first-order chi connectivity index (χ1) is 6.20. The summed E-state index contributed by atoms with van der Waals surface area (Å²) in [5.41, 5.74) is 2.13. The zero-order valence-corrected chi connectivity index (χ0v) is 7.95. The Morgan fingerprint density at radius 3 is 3.00 bits per heavy atom. The number of ether oxygens (including phenoxy) is 1. The van der Waals surface area contributed by atoms with Crippen LogP contribution in [0.5, 0.6) is 5.75 Å². The third kappa shape index (κ3) is 1.31. The highest BCUT2D eigenvalue weighted by Gasteiger charge is 2.23. The first kappa shape index (κ1) is 8.57. The maximum Gasteiger partial charge on any atom is 0.128 e. The van der Waals surface area contributed by atoms with Crippen molar-refractivity contribution in [1.82, 2.24) is 0 Å². The summed E-state index contributed by atoms with van der Waals surface area (Å²) in [5, 5.41) is 9.49. The smallest absolute Gasteiger partial charge is 0.128 e. The molecule has 1 heterocycles. The average molecular weight is 178 g/mol. The Morgan fingerprint density at radius 1 is 1.54 bits per heavy atom. The molecule has 0 bridgehead atoms. The van der Waals surface area contributed by atoms with Gasteiger partial charge < -0.3 is 9.84 Å². The average Bonchev–Trinajstić information content (AvgIpc) is 2.48. The molecule has 1 aliphatic heterocycles. The molecule has 1 N–H and O–H groups in total. The molecule has 2 nitrogen and oxygen atoms in total. The van der Waals surface area contributed by atoms with Crippen LogP contribution in [-0.4, -0.2) is 11.7 Å². The quantitative estimate of drug-likeness (QED) is 0.714. The lowest BCUT2D eigenvalue weighted by molar-refractivity contribution is 0.193. The molecule has 0 aromatic heterocycles. The first-order valence-electron chi connectivity index (χ1n) is 4.64. The van der Waals surface area contributed by atoms with Gasteiger partial charge in [-0.1, -0.05) is 25.1 Å². The van der Waals surface area contributed by atoms with E-state index in [1.165, 1.54) is 5.56 Å². The summed E-state index contributed by atoms with van der Waals surface area (Å²) < 4.78 is 5.54. The second kappa shape index (κ2) is 3.04. The number of fused-ring (bicyclic) bond motifs is 1. The zero-order chi connectivity index (χ0) is 9.42. The van der Waals surface area contributed by atoms with Gasteiger partial charge in [0.05, 0.1) is 12.7 Å². The van der Waals surface area contributed by atoms with Gasteiger partial charge in [-0.3, -0.25) is 0 Å². The molecule has 0 fully saturated rings. The fourth-order valence-electron chi connectivity index (χ4n) is 1.76. The SMILES string of the molecule is CC(O)c1cccc2c1OCC2C. The van der Waals surface area contributed by atoms with Crippen molar-refractivity contribution in [3.63, 3.8) is 0 Å². The van der Waals surface area contributed by atoms with E-state index >= 15 is 0 Å². The maximum absolute atomic E-state index is 9.49. The molecular formula is C11H14O2. The van der Waals surface area contributed by atoms with Crippen molar-refractivity contribution in [2.45, 2.75) is 25.9 Å². The monoisotopic (exact) mass is 178 g/mol. The van der Waals surface area contributed by atoms with E-state index in [-0.39, 0.29) is 0 Å². The highest BCUT2D eigenvalue weighted by molar-refractivity contribution is 5.46. The molecular weight excluding hydrogens is 164 g/mol. The Balaban J connectivity index is 2.51. The predicted molar refractivity (Wildman–Crippen MR) is 51.0 cm³/mol. The van der Waals surface area contributed by atoms with Crippen LogP contribution in [0.3, 0.4) is 0 Å². The van der Waals surface area contributed by atoms with Crippen LogP contribution >= 0.6 is 0 Å². The third-order valence-electron chi connectivity index (χ3n) is 2.53. The minimum atomic E-state index is -0.444. The van der Waals surface area contributed by atoms with Gasteiger partial charge in [0.1, 0.15) is 5.75 Å².